The molecule has 0 aliphatic heterocycles. The van der Waals surface area contributed by atoms with Gasteiger partial charge in [0.15, 0.2) is 0 Å². The zero-order valence-electron chi connectivity index (χ0n) is 10.9. The van der Waals surface area contributed by atoms with Gasteiger partial charge < -0.3 is 4.74 Å². The fourth-order valence-corrected chi connectivity index (χ4v) is 3.01. The Morgan fingerprint density at radius 1 is 1.37 bits per heavy atom. The third kappa shape index (κ3) is 4.42. The number of likely N-dealkylation sites (N-methyl/N-ethyl adjacent to an activating group) is 1. The van der Waals surface area contributed by atoms with E-state index in [1.165, 1.54) is 23.5 Å². The molecule has 0 aliphatic rings. The summed E-state index contributed by atoms with van der Waals surface area (Å²) in [6.07, 6.45) is 0. The molecule has 0 N–H and O–H groups in total. The van der Waals surface area contributed by atoms with Crippen molar-refractivity contribution in [2.75, 3.05) is 32.7 Å². The average molecular weight is 310 g/mol. The van der Waals surface area contributed by atoms with E-state index in [1.54, 1.807) is 6.92 Å². The Bertz CT molecular complexity index is 522. The van der Waals surface area contributed by atoms with Gasteiger partial charge in [-0.25, -0.2) is 12.8 Å². The summed E-state index contributed by atoms with van der Waals surface area (Å²) in [7, 11) is -2.16. The number of benzene rings is 1. The van der Waals surface area contributed by atoms with Crippen molar-refractivity contribution in [2.24, 2.45) is 0 Å². The van der Waals surface area contributed by atoms with E-state index in [4.69, 9.17) is 16.3 Å². The van der Waals surface area contributed by atoms with Gasteiger partial charge >= 0.3 is 0 Å². The molecule has 0 heterocycles. The zero-order valence-corrected chi connectivity index (χ0v) is 12.5. The molecule has 4 nitrogen and oxygen atoms in total. The number of alkyl halides is 1. The minimum absolute atomic E-state index is 0.105. The summed E-state index contributed by atoms with van der Waals surface area (Å²) in [5, 5.41) is 0. The number of hydrogen-bond donors (Lipinski definition) is 0. The lowest BCUT2D eigenvalue weighted by molar-refractivity contribution is 0.140. The first-order valence-electron chi connectivity index (χ1n) is 5.76. The fraction of sp³-hybridized carbons (Fsp3) is 0.500. The standard InChI is InChI=1S/C12H17ClFNO3S/c1-10-9-11(14)3-4-12(10)19(16,17)15(2)6-8-18-7-5-13/h3-4,9H,5-8H2,1-2H3. The molecular weight excluding hydrogens is 293 g/mol. The number of halogens is 2. The molecule has 0 aromatic heterocycles. The molecule has 0 amide bonds. The fourth-order valence-electron chi connectivity index (χ4n) is 1.54. The van der Waals surface area contributed by atoms with Gasteiger partial charge in [-0.05, 0) is 30.7 Å². The van der Waals surface area contributed by atoms with Gasteiger partial charge in [0.1, 0.15) is 5.82 Å². The summed E-state index contributed by atoms with van der Waals surface area (Å²) in [6.45, 7) is 2.43. The van der Waals surface area contributed by atoms with Gasteiger partial charge in [-0.3, -0.25) is 0 Å². The van der Waals surface area contributed by atoms with Crippen molar-refractivity contribution in [3.8, 4) is 0 Å². The smallest absolute Gasteiger partial charge is 0.243 e. The van der Waals surface area contributed by atoms with Crippen LogP contribution in [0.3, 0.4) is 0 Å². The van der Waals surface area contributed by atoms with Crippen LogP contribution in [-0.4, -0.2) is 45.4 Å². The second-order valence-corrected chi connectivity index (χ2v) is 6.43. The lowest BCUT2D eigenvalue weighted by atomic mass is 10.2. The molecule has 0 spiro atoms. The first kappa shape index (κ1) is 16.4. The molecule has 1 aromatic carbocycles. The van der Waals surface area contributed by atoms with E-state index < -0.39 is 15.8 Å². The molecule has 0 atom stereocenters. The van der Waals surface area contributed by atoms with Gasteiger partial charge in [-0.2, -0.15) is 4.31 Å². The predicted octanol–water partition coefficient (Wildman–Crippen LogP) is 2.01. The molecule has 0 unspecified atom stereocenters. The van der Waals surface area contributed by atoms with E-state index in [-0.39, 0.29) is 18.0 Å². The van der Waals surface area contributed by atoms with E-state index in [0.29, 0.717) is 18.1 Å². The summed E-state index contributed by atoms with van der Waals surface area (Å²) < 4.78 is 43.8. The summed E-state index contributed by atoms with van der Waals surface area (Å²) in [5.41, 5.74) is 0.383. The minimum atomic E-state index is -3.62. The first-order valence-corrected chi connectivity index (χ1v) is 7.73. The van der Waals surface area contributed by atoms with Crippen LogP contribution in [0.1, 0.15) is 5.56 Å². The topological polar surface area (TPSA) is 46.6 Å². The van der Waals surface area contributed by atoms with Gasteiger partial charge in [0.05, 0.1) is 18.1 Å². The third-order valence-corrected chi connectivity index (χ3v) is 4.77. The van der Waals surface area contributed by atoms with Crippen LogP contribution >= 0.6 is 11.6 Å². The highest BCUT2D eigenvalue weighted by Crippen LogP contribution is 2.19. The Balaban J connectivity index is 2.79. The molecule has 108 valence electrons. The molecular formula is C12H17ClFNO3S. The predicted molar refractivity (Wildman–Crippen MR) is 72.5 cm³/mol. The highest BCUT2D eigenvalue weighted by molar-refractivity contribution is 7.89. The Morgan fingerprint density at radius 3 is 2.63 bits per heavy atom. The van der Waals surface area contributed by atoms with Crippen LogP contribution in [0.2, 0.25) is 0 Å². The molecule has 0 saturated heterocycles. The van der Waals surface area contributed by atoms with Crippen LogP contribution in [0.4, 0.5) is 4.39 Å². The molecule has 1 rings (SSSR count). The third-order valence-electron chi connectivity index (χ3n) is 2.60. The molecule has 0 aliphatic carbocycles. The van der Waals surface area contributed by atoms with E-state index in [1.807, 2.05) is 0 Å². The SMILES string of the molecule is Cc1cc(F)ccc1S(=O)(=O)N(C)CCOCCCl. The number of hydrogen-bond acceptors (Lipinski definition) is 3. The average Bonchev–Trinajstić information content (AvgIpc) is 2.33. The maximum atomic E-state index is 13.0. The van der Waals surface area contributed by atoms with Crippen molar-refractivity contribution in [3.63, 3.8) is 0 Å². The summed E-state index contributed by atoms with van der Waals surface area (Å²) in [6, 6.07) is 3.61. The maximum Gasteiger partial charge on any atom is 0.243 e. The van der Waals surface area contributed by atoms with Gasteiger partial charge in [-0.15, -0.1) is 11.6 Å². The number of sulfonamides is 1. The van der Waals surface area contributed by atoms with E-state index in [2.05, 4.69) is 0 Å². The Labute approximate surface area is 118 Å². The molecule has 7 heteroatoms. The number of ether oxygens (including phenoxy) is 1. The van der Waals surface area contributed by atoms with E-state index >= 15 is 0 Å². The lowest BCUT2D eigenvalue weighted by Crippen LogP contribution is -2.31. The molecule has 0 radical (unpaired) electrons. The largest absolute Gasteiger partial charge is 0.379 e. The summed E-state index contributed by atoms with van der Waals surface area (Å²) in [4.78, 5) is 0.105. The molecule has 19 heavy (non-hydrogen) atoms. The van der Waals surface area contributed by atoms with Crippen LogP contribution in [0.25, 0.3) is 0 Å². The van der Waals surface area contributed by atoms with Crippen LogP contribution in [0.5, 0.6) is 0 Å². The second-order valence-electron chi connectivity index (χ2n) is 4.04. The molecule has 0 saturated carbocycles. The number of aryl methyl sites for hydroxylation is 1. The summed E-state index contributed by atoms with van der Waals surface area (Å²) >= 11 is 5.45. The normalized spacial score (nSPS) is 12.1. The van der Waals surface area contributed by atoms with Gasteiger partial charge in [0.2, 0.25) is 10.0 Å². The van der Waals surface area contributed by atoms with Crippen molar-refractivity contribution in [3.05, 3.63) is 29.6 Å². The van der Waals surface area contributed by atoms with Crippen molar-refractivity contribution in [2.45, 2.75) is 11.8 Å². The van der Waals surface area contributed by atoms with Crippen molar-refractivity contribution in [1.29, 1.82) is 0 Å². The van der Waals surface area contributed by atoms with Crippen LogP contribution in [-0.2, 0) is 14.8 Å². The van der Waals surface area contributed by atoms with Crippen molar-refractivity contribution >= 4 is 21.6 Å². The molecule has 0 bridgehead atoms. The highest BCUT2D eigenvalue weighted by atomic mass is 35.5. The highest BCUT2D eigenvalue weighted by Gasteiger charge is 2.22. The van der Waals surface area contributed by atoms with Crippen LogP contribution < -0.4 is 0 Å². The molecule has 0 fully saturated rings. The zero-order chi connectivity index (χ0) is 14.5. The summed E-state index contributed by atoms with van der Waals surface area (Å²) in [5.74, 6) is -0.0855. The van der Waals surface area contributed by atoms with Crippen LogP contribution in [0, 0.1) is 12.7 Å². The van der Waals surface area contributed by atoms with Gasteiger partial charge in [-0.1, -0.05) is 0 Å². The maximum absolute atomic E-state index is 13.0. The van der Waals surface area contributed by atoms with Crippen LogP contribution in [0.15, 0.2) is 23.1 Å². The van der Waals surface area contributed by atoms with Crippen molar-refractivity contribution in [1.82, 2.24) is 4.31 Å². The van der Waals surface area contributed by atoms with E-state index in [0.717, 1.165) is 6.07 Å². The van der Waals surface area contributed by atoms with E-state index in [9.17, 15) is 12.8 Å². The van der Waals surface area contributed by atoms with Gasteiger partial charge in [0.25, 0.3) is 0 Å². The Kier molecular flexibility index (Phi) is 6.19. The second kappa shape index (κ2) is 7.19. The minimum Gasteiger partial charge on any atom is -0.379 e. The Morgan fingerprint density at radius 2 is 2.05 bits per heavy atom. The first-order chi connectivity index (χ1) is 8.89. The quantitative estimate of drug-likeness (QED) is 0.572. The van der Waals surface area contributed by atoms with Gasteiger partial charge in [0, 0.05) is 19.5 Å². The Hall–Kier alpha value is -0.690. The van der Waals surface area contributed by atoms with Crippen molar-refractivity contribution < 1.29 is 17.5 Å². The number of nitrogens with zero attached hydrogens (tertiary/aromatic N) is 1. The monoisotopic (exact) mass is 309 g/mol. The lowest BCUT2D eigenvalue weighted by Gasteiger charge is -2.18. The molecule has 1 aromatic rings. The number of rotatable bonds is 7.